The maximum Gasteiger partial charge on any atom is 0.141 e. The summed E-state index contributed by atoms with van der Waals surface area (Å²) >= 11 is 0. The number of fused-ring (bicyclic) bond motifs is 6. The molecule has 0 unspecified atom stereocenters. The lowest BCUT2D eigenvalue weighted by Gasteiger charge is -2.21. The highest BCUT2D eigenvalue weighted by atomic mass is 15.0. The number of para-hydroxylation sites is 1. The van der Waals surface area contributed by atoms with Crippen LogP contribution in [0, 0.1) is 0 Å². The molecule has 69 heavy (non-hydrogen) atoms. The number of hydrogen-bond donors (Lipinski definition) is 0. The molecule has 0 saturated carbocycles. The second-order valence-corrected chi connectivity index (χ2v) is 19.0. The third-order valence-corrected chi connectivity index (χ3v) is 15.5. The van der Waals surface area contributed by atoms with Gasteiger partial charge in [-0.1, -0.05) is 197 Å². The number of rotatable bonds is 7. The largest absolute Gasteiger partial charge is 0.310 e. The Hall–Kier alpha value is -7.75. The van der Waals surface area contributed by atoms with Crippen LogP contribution in [0.3, 0.4) is 0 Å². The molecule has 2 heterocycles. The Morgan fingerprint density at radius 1 is 0.261 bits per heavy atom. The van der Waals surface area contributed by atoms with Gasteiger partial charge in [-0.25, -0.2) is 0 Å². The summed E-state index contributed by atoms with van der Waals surface area (Å²) in [6.45, 7) is 0. The Balaban J connectivity index is 1.17. The van der Waals surface area contributed by atoms with Crippen molar-refractivity contribution in [2.75, 3.05) is 0 Å². The maximum absolute atomic E-state index is 2.63. The molecule has 0 N–H and O–H groups in total. The standard InChI is InChI=1S/C60H47B7N2/c61-52-48(39-29-31-46-43(33-39)49-41(36-20-9-3-10-21-36)25-15-27-47(49)68(46)44-26-14-13-24-40(44)35-18-7-2-8-19-35)53(62)57(66)59-50(52)51-54(63)55(64)56(65)58(67)60(51)69(59)45-30-28-38(34-16-5-1-6-17-34)32-42(45)37-22-11-4-12-23-37/h1-33H,61-67H2. The summed E-state index contributed by atoms with van der Waals surface area (Å²) in [5, 5.41) is 5.19. The van der Waals surface area contributed by atoms with E-state index in [1.807, 2.05) is 0 Å². The highest BCUT2D eigenvalue weighted by molar-refractivity contribution is 6.69. The van der Waals surface area contributed by atoms with Crippen LogP contribution < -0.4 is 38.2 Å². The van der Waals surface area contributed by atoms with Crippen LogP contribution >= 0.6 is 0 Å². The van der Waals surface area contributed by atoms with Crippen molar-refractivity contribution in [3.63, 3.8) is 0 Å². The number of aromatic nitrogens is 2. The van der Waals surface area contributed by atoms with Crippen LogP contribution in [0.25, 0.3) is 111 Å². The molecule has 0 atom stereocenters. The first-order valence-electron chi connectivity index (χ1n) is 24.3. The molecule has 2 nitrogen and oxygen atoms in total. The highest BCUT2D eigenvalue weighted by Gasteiger charge is 2.27. The number of benzene rings is 10. The third kappa shape index (κ3) is 6.66. The minimum Gasteiger partial charge on any atom is -0.310 e. The molecule has 0 bridgehead atoms. The first kappa shape index (κ1) is 42.6. The summed E-state index contributed by atoms with van der Waals surface area (Å²) in [7, 11) is 16.4. The molecule has 318 valence electrons. The van der Waals surface area contributed by atoms with E-state index in [1.165, 1.54) is 149 Å². The minimum absolute atomic E-state index is 1.17. The molecule has 9 heteroatoms. The van der Waals surface area contributed by atoms with Gasteiger partial charge in [-0.15, -0.1) is 5.46 Å². The van der Waals surface area contributed by atoms with Crippen LogP contribution in [-0.2, 0) is 0 Å². The van der Waals surface area contributed by atoms with E-state index in [0.29, 0.717) is 0 Å². The number of hydrogen-bond acceptors (Lipinski definition) is 0. The van der Waals surface area contributed by atoms with Gasteiger partial charge >= 0.3 is 0 Å². The van der Waals surface area contributed by atoms with E-state index in [-0.39, 0.29) is 0 Å². The third-order valence-electron chi connectivity index (χ3n) is 15.5. The molecule has 0 radical (unpaired) electrons. The molecule has 10 aromatic carbocycles. The van der Waals surface area contributed by atoms with Crippen molar-refractivity contribution in [1.29, 1.82) is 0 Å². The van der Waals surface area contributed by atoms with E-state index in [2.05, 4.69) is 264 Å². The van der Waals surface area contributed by atoms with Gasteiger partial charge in [0.05, 0.1) is 22.4 Å². The molecule has 12 aromatic rings. The van der Waals surface area contributed by atoms with Crippen molar-refractivity contribution in [3.05, 3.63) is 200 Å². The molecule has 0 amide bonds. The zero-order chi connectivity index (χ0) is 47.1. The zero-order valence-electron chi connectivity index (χ0n) is 40.4. The Kier molecular flexibility index (Phi) is 10.4. The smallest absolute Gasteiger partial charge is 0.141 e. The van der Waals surface area contributed by atoms with Crippen LogP contribution in [0.15, 0.2) is 200 Å². The SMILES string of the molecule is Bc1c(B)c(B)c2c(c1B)c1c(B)c(-c3ccc4c(c3)c3c(-c5ccccc5)cccc3n4-c3ccccc3-c3ccccc3)c(B)c(B)c1n2-c1ccc(-c2ccccc2)cc1-c1ccccc1. The van der Waals surface area contributed by atoms with Crippen LogP contribution in [0.5, 0.6) is 0 Å². The van der Waals surface area contributed by atoms with Crippen molar-refractivity contribution in [1.82, 2.24) is 9.13 Å². The van der Waals surface area contributed by atoms with Crippen molar-refractivity contribution in [2.45, 2.75) is 0 Å². The Morgan fingerprint density at radius 3 is 1.41 bits per heavy atom. The van der Waals surface area contributed by atoms with Crippen LogP contribution in [0.2, 0.25) is 0 Å². The van der Waals surface area contributed by atoms with Gasteiger partial charge in [0.15, 0.2) is 0 Å². The van der Waals surface area contributed by atoms with Crippen molar-refractivity contribution >= 4 is 137 Å². The van der Waals surface area contributed by atoms with Gasteiger partial charge in [0.2, 0.25) is 0 Å². The normalized spacial score (nSPS) is 11.6. The number of nitrogens with zero attached hydrogens (tertiary/aromatic N) is 2. The van der Waals surface area contributed by atoms with E-state index in [0.717, 1.165) is 0 Å². The topological polar surface area (TPSA) is 9.86 Å². The van der Waals surface area contributed by atoms with Gasteiger partial charge in [-0.2, -0.15) is 0 Å². The average molecular weight is 872 g/mol. The van der Waals surface area contributed by atoms with Gasteiger partial charge in [-0.3, -0.25) is 0 Å². The molecule has 12 rings (SSSR count). The van der Waals surface area contributed by atoms with E-state index < -0.39 is 0 Å². The molecule has 0 fully saturated rings. The van der Waals surface area contributed by atoms with Crippen molar-refractivity contribution in [2.24, 2.45) is 0 Å². The van der Waals surface area contributed by atoms with E-state index in [4.69, 9.17) is 0 Å². The second kappa shape index (κ2) is 16.8. The van der Waals surface area contributed by atoms with Crippen molar-refractivity contribution < 1.29 is 0 Å². The molecular weight excluding hydrogens is 824 g/mol. The molecule has 0 spiro atoms. The predicted octanol–water partition coefficient (Wildman–Crippen LogP) is 4.02. The Morgan fingerprint density at radius 2 is 0.754 bits per heavy atom. The van der Waals surface area contributed by atoms with E-state index >= 15 is 0 Å². The minimum atomic E-state index is 1.17. The molecule has 0 aliphatic rings. The quantitative estimate of drug-likeness (QED) is 0.215. The first-order chi connectivity index (χ1) is 33.7. The van der Waals surface area contributed by atoms with Crippen LogP contribution in [0.1, 0.15) is 0 Å². The molecule has 0 aliphatic heterocycles. The molecule has 0 aliphatic carbocycles. The lowest BCUT2D eigenvalue weighted by molar-refractivity contribution is 1.18. The molecular formula is C60H47B7N2. The average Bonchev–Trinajstić information content (AvgIpc) is 3.94. The predicted molar refractivity (Wildman–Crippen MR) is 320 cm³/mol. The maximum atomic E-state index is 2.63. The Bertz CT molecular complexity index is 4010. The van der Waals surface area contributed by atoms with E-state index in [1.54, 1.807) is 0 Å². The van der Waals surface area contributed by atoms with E-state index in [9.17, 15) is 0 Å². The van der Waals surface area contributed by atoms with Gasteiger partial charge < -0.3 is 9.13 Å². The van der Waals surface area contributed by atoms with Crippen LogP contribution in [0.4, 0.5) is 0 Å². The summed E-state index contributed by atoms with van der Waals surface area (Å²) in [4.78, 5) is 0. The first-order valence-corrected chi connectivity index (χ1v) is 24.3. The highest BCUT2D eigenvalue weighted by Crippen LogP contribution is 2.43. The Labute approximate surface area is 410 Å². The van der Waals surface area contributed by atoms with Crippen LogP contribution in [-0.4, -0.2) is 64.1 Å². The van der Waals surface area contributed by atoms with Gasteiger partial charge in [0.1, 0.15) is 54.9 Å². The summed E-state index contributed by atoms with van der Waals surface area (Å²) in [5.41, 5.74) is 28.9. The lowest BCUT2D eigenvalue weighted by atomic mass is 9.64. The van der Waals surface area contributed by atoms with Gasteiger partial charge in [-0.05, 0) is 86.3 Å². The molecule has 2 aromatic heterocycles. The summed E-state index contributed by atoms with van der Waals surface area (Å²) in [5.74, 6) is 0. The second-order valence-electron chi connectivity index (χ2n) is 19.0. The lowest BCUT2D eigenvalue weighted by Crippen LogP contribution is -2.48. The summed E-state index contributed by atoms with van der Waals surface area (Å²) in [6, 6.07) is 73.4. The summed E-state index contributed by atoms with van der Waals surface area (Å²) in [6.07, 6.45) is 0. The van der Waals surface area contributed by atoms with Gasteiger partial charge in [0.25, 0.3) is 0 Å². The van der Waals surface area contributed by atoms with Crippen molar-refractivity contribution in [3.8, 4) is 67.0 Å². The fourth-order valence-corrected chi connectivity index (χ4v) is 11.7. The fourth-order valence-electron chi connectivity index (χ4n) is 11.7. The summed E-state index contributed by atoms with van der Waals surface area (Å²) < 4.78 is 5.12. The van der Waals surface area contributed by atoms with Gasteiger partial charge in [0, 0.05) is 38.3 Å². The zero-order valence-corrected chi connectivity index (χ0v) is 40.4. The fraction of sp³-hybridized carbons (Fsp3) is 0. The molecule has 0 saturated heterocycles. The monoisotopic (exact) mass is 872 g/mol.